The standard InChI is InChI=1S/2C9H11.2ClH.Zr/c2*1-2-4-8(3-1)7-9-5-6-9;;;/h2*1,3,9H,2,5-7H2;2*1H;/q2*-1;;;+2. The number of rotatable bonds is 4. The molecule has 0 amide bonds. The first-order valence-corrected chi connectivity index (χ1v) is 7.42. The Hall–Kier alpha value is 0.423. The molecule has 0 heterocycles. The van der Waals surface area contributed by atoms with E-state index in [4.69, 9.17) is 0 Å². The van der Waals surface area contributed by atoms with E-state index in [0.717, 1.165) is 24.7 Å². The van der Waals surface area contributed by atoms with Gasteiger partial charge in [0.05, 0.1) is 0 Å². The van der Waals surface area contributed by atoms with E-state index >= 15 is 0 Å². The molecule has 0 aromatic heterocycles. The molecule has 0 radical (unpaired) electrons. The third kappa shape index (κ3) is 8.58. The van der Waals surface area contributed by atoms with Crippen LogP contribution in [0.1, 0.15) is 51.4 Å². The van der Waals surface area contributed by atoms with Crippen LogP contribution in [0.5, 0.6) is 0 Å². The maximum atomic E-state index is 3.33. The summed E-state index contributed by atoms with van der Waals surface area (Å²) >= 11 is 0. The number of allylic oxidation sites excluding steroid dienone is 8. The first-order chi connectivity index (χ1) is 8.90. The summed E-state index contributed by atoms with van der Waals surface area (Å²) in [6, 6.07) is 0. The minimum atomic E-state index is 0. The Kier molecular flexibility index (Phi) is 11.3. The van der Waals surface area contributed by atoms with E-state index in [2.05, 4.69) is 36.5 Å². The Morgan fingerprint density at radius 2 is 1.14 bits per heavy atom. The van der Waals surface area contributed by atoms with Crippen LogP contribution in [0.4, 0.5) is 0 Å². The first-order valence-electron chi connectivity index (χ1n) is 7.42. The fourth-order valence-electron chi connectivity index (χ4n) is 2.45. The van der Waals surface area contributed by atoms with Gasteiger partial charge in [0.2, 0.25) is 0 Å². The molecule has 0 atom stereocenters. The van der Waals surface area contributed by atoms with E-state index in [-0.39, 0.29) is 51.0 Å². The van der Waals surface area contributed by atoms with Crippen molar-refractivity contribution in [2.75, 3.05) is 0 Å². The number of hydrogen-bond donors (Lipinski definition) is 0. The van der Waals surface area contributed by atoms with Crippen molar-refractivity contribution in [1.82, 2.24) is 0 Å². The summed E-state index contributed by atoms with van der Waals surface area (Å²) in [5.41, 5.74) is 2.91. The molecule has 0 nitrogen and oxygen atoms in total. The van der Waals surface area contributed by atoms with Gasteiger partial charge in [-0.3, -0.25) is 12.2 Å². The molecule has 3 heteroatoms. The summed E-state index contributed by atoms with van der Waals surface area (Å²) in [4.78, 5) is 0. The van der Waals surface area contributed by atoms with Gasteiger partial charge < -0.3 is 0 Å². The van der Waals surface area contributed by atoms with E-state index in [1.807, 2.05) is 0 Å². The molecule has 0 aromatic carbocycles. The Balaban J connectivity index is 0.000000333. The smallest absolute Gasteiger partial charge is 0.269 e. The van der Waals surface area contributed by atoms with E-state index in [1.165, 1.54) is 49.7 Å². The van der Waals surface area contributed by atoms with Crippen LogP contribution >= 0.6 is 24.8 Å². The van der Waals surface area contributed by atoms with Gasteiger partial charge in [-0.1, -0.05) is 12.8 Å². The molecule has 4 aliphatic rings. The molecule has 2 fully saturated rings. The van der Waals surface area contributed by atoms with Crippen LogP contribution in [0.15, 0.2) is 35.5 Å². The van der Waals surface area contributed by atoms with Crippen molar-refractivity contribution < 1.29 is 26.2 Å². The van der Waals surface area contributed by atoms with Crippen molar-refractivity contribution in [3.63, 3.8) is 0 Å². The van der Waals surface area contributed by atoms with Gasteiger partial charge in [0, 0.05) is 0 Å². The van der Waals surface area contributed by atoms with Crippen LogP contribution in [-0.2, 0) is 26.2 Å². The fourth-order valence-corrected chi connectivity index (χ4v) is 2.45. The second-order valence-corrected chi connectivity index (χ2v) is 5.91. The molecular formula is C18H24Cl2Zr. The number of hydrogen-bond acceptors (Lipinski definition) is 0. The average molecular weight is 403 g/mol. The third-order valence-corrected chi connectivity index (χ3v) is 3.94. The minimum Gasteiger partial charge on any atom is -0.269 e. The molecule has 0 saturated heterocycles. The minimum absolute atomic E-state index is 0. The SMILES string of the molecule is Cl.Cl.[C-]1=C(CC2CC2)C=CC1.[C-]1=C(CC2CC2)C=CC1.[Zr+2]. The molecule has 0 aliphatic heterocycles. The second-order valence-electron chi connectivity index (χ2n) is 5.91. The Morgan fingerprint density at radius 3 is 1.38 bits per heavy atom. The fraction of sp³-hybridized carbons (Fsp3) is 0.556. The van der Waals surface area contributed by atoms with Crippen molar-refractivity contribution in [1.29, 1.82) is 0 Å². The van der Waals surface area contributed by atoms with Gasteiger partial charge in [-0.05, 0) is 37.5 Å². The van der Waals surface area contributed by atoms with Crippen LogP contribution < -0.4 is 0 Å². The maximum absolute atomic E-state index is 3.33. The summed E-state index contributed by atoms with van der Waals surface area (Å²) in [5, 5.41) is 0. The van der Waals surface area contributed by atoms with Crippen LogP contribution in [0.2, 0.25) is 0 Å². The zero-order valence-corrected chi connectivity index (χ0v) is 16.5. The molecule has 0 aromatic rings. The molecule has 0 bridgehead atoms. The summed E-state index contributed by atoms with van der Waals surface area (Å²) in [5.74, 6) is 2.05. The number of halogens is 2. The predicted octanol–water partition coefficient (Wildman–Crippen LogP) is 5.79. The van der Waals surface area contributed by atoms with Gasteiger partial charge in [-0.25, -0.2) is 23.3 Å². The first kappa shape index (κ1) is 21.4. The van der Waals surface area contributed by atoms with Crippen LogP contribution in [-0.4, -0.2) is 0 Å². The second kappa shape index (κ2) is 11.0. The van der Waals surface area contributed by atoms with E-state index < -0.39 is 0 Å². The summed E-state index contributed by atoms with van der Waals surface area (Å²) in [7, 11) is 0. The maximum Gasteiger partial charge on any atom is 2.00 e. The molecule has 0 N–H and O–H groups in total. The predicted molar refractivity (Wildman–Crippen MR) is 90.2 cm³/mol. The average Bonchev–Trinajstić information content (AvgIpc) is 3.23. The molecule has 0 spiro atoms. The molecule has 114 valence electrons. The van der Waals surface area contributed by atoms with Gasteiger partial charge in [0.15, 0.2) is 0 Å². The summed E-state index contributed by atoms with van der Waals surface area (Å²) in [6.07, 6.45) is 26.0. The van der Waals surface area contributed by atoms with E-state index in [0.29, 0.717) is 0 Å². The zero-order chi connectivity index (χ0) is 12.2. The van der Waals surface area contributed by atoms with E-state index in [1.54, 1.807) is 0 Å². The quantitative estimate of drug-likeness (QED) is 0.522. The van der Waals surface area contributed by atoms with Gasteiger partial charge in [-0.15, -0.1) is 37.7 Å². The normalized spacial score (nSPS) is 21.1. The van der Waals surface area contributed by atoms with Crippen molar-refractivity contribution >= 4 is 24.8 Å². The largest absolute Gasteiger partial charge is 2.00 e. The molecule has 0 unspecified atom stereocenters. The monoisotopic (exact) mass is 400 g/mol. The van der Waals surface area contributed by atoms with Gasteiger partial charge >= 0.3 is 26.2 Å². The van der Waals surface area contributed by atoms with Gasteiger partial charge in [0.1, 0.15) is 0 Å². The van der Waals surface area contributed by atoms with Crippen LogP contribution in [0, 0.1) is 24.0 Å². The van der Waals surface area contributed by atoms with Crippen LogP contribution in [0.3, 0.4) is 0 Å². The van der Waals surface area contributed by atoms with Crippen molar-refractivity contribution in [2.24, 2.45) is 11.8 Å². The molecule has 2 saturated carbocycles. The zero-order valence-electron chi connectivity index (χ0n) is 12.4. The van der Waals surface area contributed by atoms with Crippen LogP contribution in [0.25, 0.3) is 0 Å². The Labute approximate surface area is 161 Å². The Morgan fingerprint density at radius 1 is 0.762 bits per heavy atom. The van der Waals surface area contributed by atoms with Crippen molar-refractivity contribution in [3.05, 3.63) is 47.6 Å². The third-order valence-electron chi connectivity index (χ3n) is 3.94. The van der Waals surface area contributed by atoms with Crippen molar-refractivity contribution in [2.45, 2.75) is 51.4 Å². The topological polar surface area (TPSA) is 0 Å². The van der Waals surface area contributed by atoms with Crippen molar-refractivity contribution in [3.8, 4) is 0 Å². The Bertz CT molecular complexity index is 373. The van der Waals surface area contributed by atoms with E-state index in [9.17, 15) is 0 Å². The molecule has 4 rings (SSSR count). The molecule has 4 aliphatic carbocycles. The molecule has 21 heavy (non-hydrogen) atoms. The summed E-state index contributed by atoms with van der Waals surface area (Å²) < 4.78 is 0. The van der Waals surface area contributed by atoms with Gasteiger partial charge in [-0.2, -0.15) is 12.2 Å². The molecular weight excluding hydrogens is 378 g/mol. The summed E-state index contributed by atoms with van der Waals surface area (Å²) in [6.45, 7) is 0. The van der Waals surface area contributed by atoms with Gasteiger partial charge in [0.25, 0.3) is 0 Å².